The summed E-state index contributed by atoms with van der Waals surface area (Å²) >= 11 is 0. The van der Waals surface area contributed by atoms with Crippen LogP contribution in [0.1, 0.15) is 38.5 Å². The Kier molecular flexibility index (Phi) is 5.64. The van der Waals surface area contributed by atoms with Gasteiger partial charge in [0.15, 0.2) is 0 Å². The van der Waals surface area contributed by atoms with Crippen molar-refractivity contribution in [2.45, 2.75) is 38.5 Å². The van der Waals surface area contributed by atoms with Crippen LogP contribution in [0.5, 0.6) is 0 Å². The normalized spacial score (nSPS) is 26.9. The van der Waals surface area contributed by atoms with Gasteiger partial charge in [-0.3, -0.25) is 4.21 Å². The summed E-state index contributed by atoms with van der Waals surface area (Å²) in [6.45, 7) is 4.44. The molecular formula is C14H28N2OS. The van der Waals surface area contributed by atoms with Gasteiger partial charge >= 0.3 is 0 Å². The lowest BCUT2D eigenvalue weighted by Crippen LogP contribution is -2.47. The SMILES string of the molecule is CNCC1(CN2CCS(=O)CC2)CCCCCC1. The fourth-order valence-electron chi connectivity index (χ4n) is 3.55. The van der Waals surface area contributed by atoms with Crippen molar-refractivity contribution >= 4 is 10.8 Å². The van der Waals surface area contributed by atoms with Crippen molar-refractivity contribution in [2.24, 2.45) is 5.41 Å². The third-order valence-electron chi connectivity index (χ3n) is 4.55. The second kappa shape index (κ2) is 7.01. The van der Waals surface area contributed by atoms with E-state index in [0.29, 0.717) is 5.41 Å². The Hall–Kier alpha value is 0.0700. The fraction of sp³-hybridized carbons (Fsp3) is 1.00. The topological polar surface area (TPSA) is 32.3 Å². The molecule has 2 rings (SSSR count). The van der Waals surface area contributed by atoms with Gasteiger partial charge in [-0.1, -0.05) is 25.7 Å². The molecular weight excluding hydrogens is 244 g/mol. The third kappa shape index (κ3) is 4.04. The van der Waals surface area contributed by atoms with Crippen LogP contribution < -0.4 is 5.32 Å². The van der Waals surface area contributed by atoms with Crippen LogP contribution in [0.2, 0.25) is 0 Å². The molecule has 1 heterocycles. The zero-order valence-electron chi connectivity index (χ0n) is 11.7. The molecule has 0 aromatic rings. The van der Waals surface area contributed by atoms with E-state index < -0.39 is 10.8 Å². The first-order valence-corrected chi connectivity index (χ1v) is 8.95. The van der Waals surface area contributed by atoms with Crippen LogP contribution in [0.3, 0.4) is 0 Å². The maximum Gasteiger partial charge on any atom is 0.0363 e. The van der Waals surface area contributed by atoms with Gasteiger partial charge in [0.2, 0.25) is 0 Å². The van der Waals surface area contributed by atoms with Gasteiger partial charge in [0, 0.05) is 48.5 Å². The van der Waals surface area contributed by atoms with Crippen molar-refractivity contribution in [3.63, 3.8) is 0 Å². The first-order chi connectivity index (χ1) is 8.74. The molecule has 0 unspecified atom stereocenters. The minimum atomic E-state index is -0.545. The Labute approximate surface area is 114 Å². The summed E-state index contributed by atoms with van der Waals surface area (Å²) in [6, 6.07) is 0. The summed E-state index contributed by atoms with van der Waals surface area (Å²) in [5.41, 5.74) is 0.476. The molecule has 4 heteroatoms. The smallest absolute Gasteiger partial charge is 0.0363 e. The van der Waals surface area contributed by atoms with E-state index >= 15 is 0 Å². The second-order valence-corrected chi connectivity index (χ2v) is 7.76. The maximum atomic E-state index is 11.4. The molecule has 0 aromatic carbocycles. The summed E-state index contributed by atoms with van der Waals surface area (Å²) < 4.78 is 11.4. The van der Waals surface area contributed by atoms with Crippen LogP contribution >= 0.6 is 0 Å². The van der Waals surface area contributed by atoms with Crippen molar-refractivity contribution in [2.75, 3.05) is 44.7 Å². The molecule has 0 bridgehead atoms. The van der Waals surface area contributed by atoms with Crippen molar-refractivity contribution in [1.29, 1.82) is 0 Å². The highest BCUT2D eigenvalue weighted by atomic mass is 32.2. The van der Waals surface area contributed by atoms with Crippen LogP contribution in [0, 0.1) is 5.41 Å². The molecule has 1 aliphatic heterocycles. The van der Waals surface area contributed by atoms with Crippen LogP contribution in [-0.4, -0.2) is 53.8 Å². The lowest BCUT2D eigenvalue weighted by molar-refractivity contribution is 0.136. The molecule has 0 atom stereocenters. The molecule has 2 aliphatic rings. The number of hydrogen-bond acceptors (Lipinski definition) is 3. The van der Waals surface area contributed by atoms with E-state index in [1.807, 2.05) is 0 Å². The number of nitrogens with zero attached hydrogens (tertiary/aromatic N) is 1. The predicted molar refractivity (Wildman–Crippen MR) is 78.4 cm³/mol. The van der Waals surface area contributed by atoms with E-state index in [1.54, 1.807) is 0 Å². The molecule has 3 nitrogen and oxygen atoms in total. The molecule has 1 saturated carbocycles. The summed E-state index contributed by atoms with van der Waals surface area (Å²) in [4.78, 5) is 2.56. The Balaban J connectivity index is 1.93. The lowest BCUT2D eigenvalue weighted by atomic mass is 9.79. The Bertz CT molecular complexity index is 265. The van der Waals surface area contributed by atoms with Gasteiger partial charge < -0.3 is 10.2 Å². The number of rotatable bonds is 4. The molecule has 106 valence electrons. The van der Waals surface area contributed by atoms with Crippen molar-refractivity contribution in [3.05, 3.63) is 0 Å². The van der Waals surface area contributed by atoms with Gasteiger partial charge in [-0.15, -0.1) is 0 Å². The Morgan fingerprint density at radius 3 is 2.28 bits per heavy atom. The predicted octanol–water partition coefficient (Wildman–Crippen LogP) is 1.61. The summed E-state index contributed by atoms with van der Waals surface area (Å²) in [7, 11) is 1.54. The van der Waals surface area contributed by atoms with Gasteiger partial charge in [-0.2, -0.15) is 0 Å². The first kappa shape index (κ1) is 14.5. The molecule has 0 aromatic heterocycles. The quantitative estimate of drug-likeness (QED) is 0.789. The van der Waals surface area contributed by atoms with E-state index in [-0.39, 0.29) is 0 Å². The largest absolute Gasteiger partial charge is 0.319 e. The monoisotopic (exact) mass is 272 g/mol. The average Bonchev–Trinajstić information content (AvgIpc) is 2.59. The standard InChI is InChI=1S/C14H28N2OS/c1-15-12-14(6-4-2-3-5-7-14)13-16-8-10-18(17)11-9-16/h15H,2-13H2,1H3. The highest BCUT2D eigenvalue weighted by Gasteiger charge is 2.33. The maximum absolute atomic E-state index is 11.4. The van der Waals surface area contributed by atoms with E-state index in [4.69, 9.17) is 0 Å². The van der Waals surface area contributed by atoms with E-state index in [2.05, 4.69) is 17.3 Å². The second-order valence-electron chi connectivity index (χ2n) is 6.07. The van der Waals surface area contributed by atoms with E-state index in [9.17, 15) is 4.21 Å². The van der Waals surface area contributed by atoms with Crippen molar-refractivity contribution in [1.82, 2.24) is 10.2 Å². The van der Waals surface area contributed by atoms with Crippen LogP contribution in [0.25, 0.3) is 0 Å². The van der Waals surface area contributed by atoms with Crippen molar-refractivity contribution in [3.8, 4) is 0 Å². The Morgan fingerprint density at radius 1 is 1.11 bits per heavy atom. The minimum absolute atomic E-state index is 0.476. The average molecular weight is 272 g/mol. The lowest BCUT2D eigenvalue weighted by Gasteiger charge is -2.39. The summed E-state index contributed by atoms with van der Waals surface area (Å²) in [5.74, 6) is 1.77. The van der Waals surface area contributed by atoms with Gasteiger partial charge in [-0.05, 0) is 25.3 Å². The number of hydrogen-bond donors (Lipinski definition) is 1. The van der Waals surface area contributed by atoms with Gasteiger partial charge in [0.25, 0.3) is 0 Å². The Morgan fingerprint density at radius 2 is 1.72 bits per heavy atom. The minimum Gasteiger partial charge on any atom is -0.319 e. The molecule has 1 N–H and O–H groups in total. The molecule has 1 saturated heterocycles. The fourth-order valence-corrected chi connectivity index (χ4v) is 4.68. The first-order valence-electron chi connectivity index (χ1n) is 7.46. The molecule has 2 fully saturated rings. The highest BCUT2D eigenvalue weighted by Crippen LogP contribution is 2.35. The van der Waals surface area contributed by atoms with E-state index in [1.165, 1.54) is 45.1 Å². The van der Waals surface area contributed by atoms with E-state index in [0.717, 1.165) is 31.1 Å². The number of nitrogens with one attached hydrogen (secondary N) is 1. The molecule has 1 aliphatic carbocycles. The highest BCUT2D eigenvalue weighted by molar-refractivity contribution is 7.85. The third-order valence-corrected chi connectivity index (χ3v) is 5.82. The van der Waals surface area contributed by atoms with Crippen molar-refractivity contribution < 1.29 is 4.21 Å². The van der Waals surface area contributed by atoms with Gasteiger partial charge in [0.1, 0.15) is 0 Å². The van der Waals surface area contributed by atoms with Crippen LogP contribution in [-0.2, 0) is 10.8 Å². The zero-order chi connectivity index (χ0) is 12.8. The van der Waals surface area contributed by atoms with Gasteiger partial charge in [0.05, 0.1) is 0 Å². The van der Waals surface area contributed by atoms with Crippen LogP contribution in [0.15, 0.2) is 0 Å². The molecule has 0 radical (unpaired) electrons. The zero-order valence-corrected chi connectivity index (χ0v) is 12.6. The summed E-state index contributed by atoms with van der Waals surface area (Å²) in [6.07, 6.45) is 8.34. The summed E-state index contributed by atoms with van der Waals surface area (Å²) in [5, 5.41) is 3.42. The molecule has 18 heavy (non-hydrogen) atoms. The molecule has 0 amide bonds. The molecule has 0 spiro atoms. The van der Waals surface area contributed by atoms with Gasteiger partial charge in [-0.25, -0.2) is 0 Å². The van der Waals surface area contributed by atoms with Crippen LogP contribution in [0.4, 0.5) is 0 Å².